The van der Waals surface area contributed by atoms with Crippen molar-refractivity contribution in [3.05, 3.63) is 59.7 Å². The molecule has 0 radical (unpaired) electrons. The van der Waals surface area contributed by atoms with Crippen LogP contribution in [-0.2, 0) is 0 Å². The van der Waals surface area contributed by atoms with Crippen molar-refractivity contribution < 1.29 is 19.1 Å². The molecule has 6 heteroatoms. The molecule has 2 aromatic rings. The maximum absolute atomic E-state index is 13.5. The fourth-order valence-electron chi connectivity index (χ4n) is 7.54. The third kappa shape index (κ3) is 6.60. The Morgan fingerprint density at radius 2 is 0.875 bits per heavy atom. The van der Waals surface area contributed by atoms with E-state index in [0.717, 1.165) is 62.9 Å². The predicted octanol–water partition coefficient (Wildman–Crippen LogP) is 5.75. The molecule has 6 aliphatic rings. The molecule has 0 spiro atoms. The molecule has 0 unspecified atom stereocenters. The highest BCUT2D eigenvalue weighted by molar-refractivity contribution is 6.50. The van der Waals surface area contributed by atoms with Gasteiger partial charge in [-0.2, -0.15) is 0 Å². The minimum atomic E-state index is -0.552. The van der Waals surface area contributed by atoms with E-state index in [1.807, 2.05) is 12.1 Å². The number of fused-ring (bicyclic) bond motifs is 8. The van der Waals surface area contributed by atoms with E-state index in [1.54, 1.807) is 36.4 Å². The molecule has 2 aliphatic carbocycles. The van der Waals surface area contributed by atoms with Crippen LogP contribution < -0.4 is 9.47 Å². The zero-order valence-corrected chi connectivity index (χ0v) is 23.8. The van der Waals surface area contributed by atoms with Gasteiger partial charge < -0.3 is 9.47 Å². The minimum Gasteiger partial charge on any atom is -0.491 e. The normalized spacial score (nSPS) is 26.7. The molecule has 214 valence electrons. The summed E-state index contributed by atoms with van der Waals surface area (Å²) in [6.07, 6.45) is 10.8. The molecular formula is C34H44N2O4. The van der Waals surface area contributed by atoms with Gasteiger partial charge in [0.15, 0.2) is 0 Å². The van der Waals surface area contributed by atoms with Gasteiger partial charge in [0, 0.05) is 39.3 Å². The van der Waals surface area contributed by atoms with Gasteiger partial charge in [0.25, 0.3) is 0 Å². The van der Waals surface area contributed by atoms with E-state index in [2.05, 4.69) is 9.80 Å². The van der Waals surface area contributed by atoms with Crippen molar-refractivity contribution in [2.45, 2.75) is 51.4 Å². The lowest BCUT2D eigenvalue weighted by molar-refractivity contribution is 0.0811. The van der Waals surface area contributed by atoms with Crippen molar-refractivity contribution in [2.75, 3.05) is 52.5 Å². The average molecular weight is 545 g/mol. The van der Waals surface area contributed by atoms with Crippen LogP contribution in [-0.4, -0.2) is 73.8 Å². The highest BCUT2D eigenvalue weighted by atomic mass is 16.5. The van der Waals surface area contributed by atoms with Crippen LogP contribution in [0.2, 0.25) is 0 Å². The lowest BCUT2D eigenvalue weighted by Gasteiger charge is -2.22. The number of nitrogens with zero attached hydrogens (tertiary/aromatic N) is 2. The molecule has 4 heterocycles. The Morgan fingerprint density at radius 3 is 1.23 bits per heavy atom. The largest absolute Gasteiger partial charge is 0.491 e. The van der Waals surface area contributed by atoms with Crippen LogP contribution in [0.3, 0.4) is 0 Å². The summed E-state index contributed by atoms with van der Waals surface area (Å²) in [5.74, 6) is 3.10. The summed E-state index contributed by atoms with van der Waals surface area (Å²) in [6.45, 7) is 7.30. The predicted molar refractivity (Wildman–Crippen MR) is 156 cm³/mol. The lowest BCUT2D eigenvalue weighted by atomic mass is 9.84. The van der Waals surface area contributed by atoms with Gasteiger partial charge in [0.1, 0.15) is 24.7 Å². The number of para-hydroxylation sites is 2. The molecule has 8 rings (SSSR count). The quantitative estimate of drug-likeness (QED) is 0.265. The molecule has 2 saturated carbocycles. The maximum Gasteiger partial charge on any atom is 0.237 e. The Bertz CT molecular complexity index is 1050. The van der Waals surface area contributed by atoms with E-state index in [4.69, 9.17) is 9.47 Å². The first-order chi connectivity index (χ1) is 19.6. The summed E-state index contributed by atoms with van der Waals surface area (Å²) < 4.78 is 12.2. The number of carbonyl (C=O) groups excluding carboxylic acids is 2. The third-order valence-electron chi connectivity index (χ3n) is 9.80. The number of hydrogen-bond acceptors (Lipinski definition) is 6. The highest BCUT2D eigenvalue weighted by Crippen LogP contribution is 2.35. The van der Waals surface area contributed by atoms with Gasteiger partial charge in [0.05, 0.1) is 11.1 Å². The SMILES string of the molecule is O=C(C(=O)c1ccccc1OCCN1CC2CCC(CC2)C1)c1ccccc1OCCN1CC2CCC(CC2)C1. The van der Waals surface area contributed by atoms with Gasteiger partial charge >= 0.3 is 0 Å². The first-order valence-corrected chi connectivity index (χ1v) is 15.6. The second-order valence-corrected chi connectivity index (χ2v) is 12.6. The summed E-state index contributed by atoms with van der Waals surface area (Å²) in [6, 6.07) is 14.3. The van der Waals surface area contributed by atoms with Gasteiger partial charge in [-0.25, -0.2) is 0 Å². The molecule has 2 aromatic carbocycles. The Balaban J connectivity index is 1.06. The van der Waals surface area contributed by atoms with Crippen LogP contribution in [0.15, 0.2) is 48.5 Å². The standard InChI is InChI=1S/C34H44N2O4/c37-33(29-5-1-3-7-31(29)39-19-17-35-21-25-9-10-26(22-35)12-11-25)34(38)30-6-2-4-8-32(30)40-20-18-36-23-27-13-14-28(24-36)16-15-27/h1-8,25-28H,9-24H2. The number of ketones is 2. The van der Waals surface area contributed by atoms with Crippen LogP contribution in [0.4, 0.5) is 0 Å². The smallest absolute Gasteiger partial charge is 0.237 e. The van der Waals surface area contributed by atoms with Crippen molar-refractivity contribution in [3.8, 4) is 11.5 Å². The average Bonchev–Trinajstić information content (AvgIpc) is 3.48. The van der Waals surface area contributed by atoms with Crippen molar-refractivity contribution in [1.82, 2.24) is 9.80 Å². The van der Waals surface area contributed by atoms with Crippen molar-refractivity contribution in [1.29, 1.82) is 0 Å². The lowest BCUT2D eigenvalue weighted by Crippen LogP contribution is -2.32. The Hall–Kier alpha value is -2.70. The van der Waals surface area contributed by atoms with Gasteiger partial charge in [-0.05, 0) is 99.3 Å². The molecular weight excluding hydrogens is 500 g/mol. The molecule has 4 aliphatic heterocycles. The number of rotatable bonds is 11. The number of benzene rings is 2. The minimum absolute atomic E-state index is 0.318. The van der Waals surface area contributed by atoms with Crippen molar-refractivity contribution >= 4 is 11.6 Å². The monoisotopic (exact) mass is 544 g/mol. The molecule has 0 aromatic heterocycles. The van der Waals surface area contributed by atoms with E-state index < -0.39 is 11.6 Å². The number of ether oxygens (including phenoxy) is 2. The van der Waals surface area contributed by atoms with E-state index in [0.29, 0.717) is 35.8 Å². The zero-order valence-electron chi connectivity index (χ0n) is 23.8. The summed E-state index contributed by atoms with van der Waals surface area (Å²) in [7, 11) is 0. The van der Waals surface area contributed by atoms with Crippen LogP contribution in [0, 0.1) is 23.7 Å². The second kappa shape index (κ2) is 12.9. The number of hydrogen-bond donors (Lipinski definition) is 0. The molecule has 4 saturated heterocycles. The molecule has 0 N–H and O–H groups in total. The van der Waals surface area contributed by atoms with Crippen LogP contribution in [0.25, 0.3) is 0 Å². The first-order valence-electron chi connectivity index (χ1n) is 15.6. The van der Waals surface area contributed by atoms with Crippen LogP contribution >= 0.6 is 0 Å². The van der Waals surface area contributed by atoms with E-state index in [-0.39, 0.29) is 0 Å². The van der Waals surface area contributed by atoms with E-state index in [9.17, 15) is 9.59 Å². The van der Waals surface area contributed by atoms with E-state index in [1.165, 1.54) is 51.4 Å². The molecule has 0 amide bonds. The second-order valence-electron chi connectivity index (χ2n) is 12.6. The van der Waals surface area contributed by atoms with Gasteiger partial charge in [-0.1, -0.05) is 24.3 Å². The Labute approximate surface area is 239 Å². The summed E-state index contributed by atoms with van der Waals surface area (Å²) in [4.78, 5) is 32.0. The van der Waals surface area contributed by atoms with Crippen molar-refractivity contribution in [2.24, 2.45) is 23.7 Å². The fourth-order valence-corrected chi connectivity index (χ4v) is 7.54. The van der Waals surface area contributed by atoms with Crippen LogP contribution in [0.1, 0.15) is 72.1 Å². The van der Waals surface area contributed by atoms with Crippen molar-refractivity contribution in [3.63, 3.8) is 0 Å². The van der Waals surface area contributed by atoms with E-state index >= 15 is 0 Å². The third-order valence-corrected chi connectivity index (χ3v) is 9.80. The molecule has 4 bridgehead atoms. The highest BCUT2D eigenvalue weighted by Gasteiger charge is 2.31. The van der Waals surface area contributed by atoms with Gasteiger partial charge in [0.2, 0.25) is 11.6 Å². The summed E-state index contributed by atoms with van der Waals surface area (Å²) in [5, 5.41) is 0. The molecule has 6 nitrogen and oxygen atoms in total. The maximum atomic E-state index is 13.5. The summed E-state index contributed by atoms with van der Waals surface area (Å²) >= 11 is 0. The van der Waals surface area contributed by atoms with Crippen LogP contribution in [0.5, 0.6) is 11.5 Å². The molecule has 40 heavy (non-hydrogen) atoms. The number of Topliss-reactive ketones (excluding diaryl/α,β-unsaturated/α-hetero) is 2. The molecule has 6 fully saturated rings. The Morgan fingerprint density at radius 1 is 0.550 bits per heavy atom. The fraction of sp³-hybridized carbons (Fsp3) is 0.588. The van der Waals surface area contributed by atoms with Gasteiger partial charge in [-0.15, -0.1) is 0 Å². The topological polar surface area (TPSA) is 59.1 Å². The zero-order chi connectivity index (χ0) is 27.3. The molecule has 0 atom stereocenters. The Kier molecular flexibility index (Phi) is 8.83. The van der Waals surface area contributed by atoms with Gasteiger partial charge in [-0.3, -0.25) is 19.4 Å². The summed E-state index contributed by atoms with van der Waals surface area (Å²) in [5.41, 5.74) is 0.636. The number of carbonyl (C=O) groups is 2. The first kappa shape index (κ1) is 27.5.